The van der Waals surface area contributed by atoms with Crippen LogP contribution in [-0.4, -0.2) is 26.8 Å². The van der Waals surface area contributed by atoms with Crippen LogP contribution >= 0.6 is 0 Å². The number of nitrogens with zero attached hydrogens (tertiary/aromatic N) is 4. The molecule has 0 spiro atoms. The standard InChI is InChI=1S/C15H23N5O/c1-5-10-15(3,4)20-14(17-18-19-20)11-8-7-9-12(16)13(11)21-6-2/h7-9H,5-6,10,16H2,1-4H3. The van der Waals surface area contributed by atoms with Crippen molar-refractivity contribution < 1.29 is 4.74 Å². The zero-order chi connectivity index (χ0) is 15.5. The van der Waals surface area contributed by atoms with Crippen LogP contribution in [0.25, 0.3) is 11.4 Å². The second kappa shape index (κ2) is 6.11. The molecule has 0 fully saturated rings. The average Bonchev–Trinajstić information content (AvgIpc) is 2.91. The molecule has 2 aromatic rings. The quantitative estimate of drug-likeness (QED) is 0.827. The normalized spacial score (nSPS) is 11.6. The third kappa shape index (κ3) is 2.99. The number of aromatic nitrogens is 4. The van der Waals surface area contributed by atoms with E-state index < -0.39 is 0 Å². The number of nitrogens with two attached hydrogens (primary N) is 1. The second-order valence-electron chi connectivity index (χ2n) is 5.63. The summed E-state index contributed by atoms with van der Waals surface area (Å²) in [6, 6.07) is 5.64. The topological polar surface area (TPSA) is 78.9 Å². The van der Waals surface area contributed by atoms with Crippen LogP contribution in [0.3, 0.4) is 0 Å². The third-order valence-corrected chi connectivity index (χ3v) is 3.48. The third-order valence-electron chi connectivity index (χ3n) is 3.48. The first-order chi connectivity index (χ1) is 10.0. The molecule has 0 amide bonds. The maximum absolute atomic E-state index is 6.03. The van der Waals surface area contributed by atoms with Crippen molar-refractivity contribution in [2.45, 2.75) is 46.1 Å². The molecule has 1 heterocycles. The molecule has 0 aliphatic rings. The van der Waals surface area contributed by atoms with Gasteiger partial charge in [-0.25, -0.2) is 4.68 Å². The van der Waals surface area contributed by atoms with Gasteiger partial charge in [0, 0.05) is 0 Å². The van der Waals surface area contributed by atoms with Crippen LogP contribution in [0.5, 0.6) is 5.75 Å². The molecule has 0 aliphatic heterocycles. The van der Waals surface area contributed by atoms with Crippen LogP contribution in [0, 0.1) is 0 Å². The fourth-order valence-corrected chi connectivity index (χ4v) is 2.52. The van der Waals surface area contributed by atoms with Gasteiger partial charge in [-0.3, -0.25) is 0 Å². The van der Waals surface area contributed by atoms with E-state index in [2.05, 4.69) is 36.3 Å². The highest BCUT2D eigenvalue weighted by atomic mass is 16.5. The zero-order valence-electron chi connectivity index (χ0n) is 13.1. The summed E-state index contributed by atoms with van der Waals surface area (Å²) < 4.78 is 7.54. The Morgan fingerprint density at radius 2 is 2.05 bits per heavy atom. The Balaban J connectivity index is 2.54. The van der Waals surface area contributed by atoms with Crippen molar-refractivity contribution >= 4 is 5.69 Å². The van der Waals surface area contributed by atoms with Crippen LogP contribution in [0.2, 0.25) is 0 Å². The van der Waals surface area contributed by atoms with Crippen LogP contribution in [0.4, 0.5) is 5.69 Å². The van der Waals surface area contributed by atoms with Crippen LogP contribution in [0.1, 0.15) is 40.5 Å². The predicted molar refractivity (Wildman–Crippen MR) is 83.1 cm³/mol. The predicted octanol–water partition coefficient (Wildman–Crippen LogP) is 2.86. The summed E-state index contributed by atoms with van der Waals surface area (Å²) in [6.45, 7) is 8.88. The van der Waals surface area contributed by atoms with E-state index in [1.165, 1.54) is 0 Å². The van der Waals surface area contributed by atoms with Crippen molar-refractivity contribution in [3.63, 3.8) is 0 Å². The molecular formula is C15H23N5O. The van der Waals surface area contributed by atoms with Gasteiger partial charge in [-0.1, -0.05) is 19.4 Å². The number of ether oxygens (including phenoxy) is 1. The maximum atomic E-state index is 6.03. The molecule has 1 aromatic heterocycles. The van der Waals surface area contributed by atoms with Crippen LogP contribution < -0.4 is 10.5 Å². The fourth-order valence-electron chi connectivity index (χ4n) is 2.52. The SMILES string of the molecule is CCCC(C)(C)n1nnnc1-c1cccc(N)c1OCC. The molecule has 0 atom stereocenters. The van der Waals surface area contributed by atoms with Gasteiger partial charge in [0.1, 0.15) is 0 Å². The Kier molecular flexibility index (Phi) is 4.45. The summed E-state index contributed by atoms with van der Waals surface area (Å²) in [7, 11) is 0. The Morgan fingerprint density at radius 1 is 1.29 bits per heavy atom. The zero-order valence-corrected chi connectivity index (χ0v) is 13.1. The monoisotopic (exact) mass is 289 g/mol. The van der Waals surface area contributed by atoms with E-state index in [1.54, 1.807) is 0 Å². The van der Waals surface area contributed by atoms with E-state index in [9.17, 15) is 0 Å². The molecule has 0 unspecified atom stereocenters. The van der Waals surface area contributed by atoms with Crippen molar-refractivity contribution in [2.24, 2.45) is 0 Å². The maximum Gasteiger partial charge on any atom is 0.186 e. The van der Waals surface area contributed by atoms with Crippen molar-refractivity contribution in [1.29, 1.82) is 0 Å². The molecule has 21 heavy (non-hydrogen) atoms. The molecule has 2 rings (SSSR count). The first kappa shape index (κ1) is 15.3. The van der Waals surface area contributed by atoms with Gasteiger partial charge in [0.15, 0.2) is 11.6 Å². The number of para-hydroxylation sites is 1. The number of anilines is 1. The number of hydrogen-bond acceptors (Lipinski definition) is 5. The number of rotatable bonds is 6. The van der Waals surface area contributed by atoms with Crippen molar-refractivity contribution in [1.82, 2.24) is 20.2 Å². The summed E-state index contributed by atoms with van der Waals surface area (Å²) in [4.78, 5) is 0. The van der Waals surface area contributed by atoms with Crippen molar-refractivity contribution in [2.75, 3.05) is 12.3 Å². The van der Waals surface area contributed by atoms with Gasteiger partial charge in [-0.05, 0) is 49.8 Å². The van der Waals surface area contributed by atoms with Crippen molar-refractivity contribution in [3.8, 4) is 17.1 Å². The lowest BCUT2D eigenvalue weighted by atomic mass is 9.98. The van der Waals surface area contributed by atoms with Gasteiger partial charge in [0.2, 0.25) is 0 Å². The Morgan fingerprint density at radius 3 is 2.71 bits per heavy atom. The summed E-state index contributed by atoms with van der Waals surface area (Å²) in [6.07, 6.45) is 2.04. The molecule has 2 N–H and O–H groups in total. The van der Waals surface area contributed by atoms with Gasteiger partial charge in [-0.15, -0.1) is 5.10 Å². The molecule has 114 valence electrons. The lowest BCUT2D eigenvalue weighted by molar-refractivity contribution is 0.289. The van der Waals surface area contributed by atoms with E-state index in [0.29, 0.717) is 23.9 Å². The van der Waals surface area contributed by atoms with E-state index in [0.717, 1.165) is 18.4 Å². The minimum absolute atomic E-state index is 0.165. The minimum atomic E-state index is -0.165. The largest absolute Gasteiger partial charge is 0.491 e. The van der Waals surface area contributed by atoms with E-state index in [-0.39, 0.29) is 5.54 Å². The molecule has 1 aromatic carbocycles. The highest BCUT2D eigenvalue weighted by Crippen LogP contribution is 2.35. The van der Waals surface area contributed by atoms with Gasteiger partial charge < -0.3 is 10.5 Å². The number of tetrazole rings is 1. The smallest absolute Gasteiger partial charge is 0.186 e. The molecule has 0 aliphatic carbocycles. The first-order valence-electron chi connectivity index (χ1n) is 7.31. The van der Waals surface area contributed by atoms with Crippen LogP contribution in [-0.2, 0) is 5.54 Å². The van der Waals surface area contributed by atoms with E-state index in [1.807, 2.05) is 29.8 Å². The Hall–Kier alpha value is -2.11. The van der Waals surface area contributed by atoms with Gasteiger partial charge in [0.05, 0.1) is 23.4 Å². The molecular weight excluding hydrogens is 266 g/mol. The summed E-state index contributed by atoms with van der Waals surface area (Å²) in [5, 5.41) is 12.2. The lowest BCUT2D eigenvalue weighted by Gasteiger charge is -2.25. The molecule has 6 heteroatoms. The molecule has 0 saturated carbocycles. The van der Waals surface area contributed by atoms with Crippen molar-refractivity contribution in [3.05, 3.63) is 18.2 Å². The molecule has 0 saturated heterocycles. The lowest BCUT2D eigenvalue weighted by Crippen LogP contribution is -2.28. The second-order valence-corrected chi connectivity index (χ2v) is 5.63. The van der Waals surface area contributed by atoms with E-state index >= 15 is 0 Å². The summed E-state index contributed by atoms with van der Waals surface area (Å²) >= 11 is 0. The first-order valence-corrected chi connectivity index (χ1v) is 7.31. The molecule has 0 radical (unpaired) electrons. The summed E-state index contributed by atoms with van der Waals surface area (Å²) in [5.74, 6) is 1.33. The Labute approximate surface area is 125 Å². The fraction of sp³-hybridized carbons (Fsp3) is 0.533. The summed E-state index contributed by atoms with van der Waals surface area (Å²) in [5.41, 5.74) is 7.28. The molecule has 6 nitrogen and oxygen atoms in total. The number of hydrogen-bond donors (Lipinski definition) is 1. The minimum Gasteiger partial charge on any atom is -0.491 e. The van der Waals surface area contributed by atoms with Gasteiger partial charge in [0.25, 0.3) is 0 Å². The number of benzene rings is 1. The number of nitrogen functional groups attached to an aromatic ring is 1. The molecule has 0 bridgehead atoms. The highest BCUT2D eigenvalue weighted by Gasteiger charge is 2.26. The van der Waals surface area contributed by atoms with E-state index in [4.69, 9.17) is 10.5 Å². The highest BCUT2D eigenvalue weighted by molar-refractivity contribution is 5.73. The average molecular weight is 289 g/mol. The Bertz CT molecular complexity index is 606. The van der Waals surface area contributed by atoms with Crippen LogP contribution in [0.15, 0.2) is 18.2 Å². The van der Waals surface area contributed by atoms with Gasteiger partial charge >= 0.3 is 0 Å². The van der Waals surface area contributed by atoms with Gasteiger partial charge in [-0.2, -0.15) is 0 Å².